The highest BCUT2D eigenvalue weighted by atomic mass is 15.1. The summed E-state index contributed by atoms with van der Waals surface area (Å²) in [6.45, 7) is 4.58. The third kappa shape index (κ3) is 3.47. The quantitative estimate of drug-likeness (QED) is 0.865. The van der Waals surface area contributed by atoms with Crippen LogP contribution < -0.4 is 10.6 Å². The molecule has 0 radical (unpaired) electrons. The molecule has 2 N–H and O–H groups in total. The number of rotatable bonds is 4. The highest BCUT2D eigenvalue weighted by Gasteiger charge is 2.10. The summed E-state index contributed by atoms with van der Waals surface area (Å²) in [6.07, 6.45) is 6.11. The number of hydrogen-bond acceptors (Lipinski definition) is 2. The van der Waals surface area contributed by atoms with E-state index in [1.807, 2.05) is 0 Å². The van der Waals surface area contributed by atoms with Gasteiger partial charge in [0.25, 0.3) is 0 Å². The molecule has 1 aliphatic rings. The maximum atomic E-state index is 5.98. The minimum Gasteiger partial charge on any atom is -0.372 e. The highest BCUT2D eigenvalue weighted by Crippen LogP contribution is 2.20. The lowest BCUT2D eigenvalue weighted by Gasteiger charge is -2.29. The number of hydrogen-bond donors (Lipinski definition) is 1. The molecule has 94 valence electrons. The molecule has 2 nitrogen and oxygen atoms in total. The fraction of sp³-hybridized carbons (Fsp3) is 0.600. The SMILES string of the molecule is CCC(N)Cc1ccc(N2CCCCC2)cc1. The van der Waals surface area contributed by atoms with Gasteiger partial charge in [0, 0.05) is 24.8 Å². The molecule has 1 saturated heterocycles. The lowest BCUT2D eigenvalue weighted by Crippen LogP contribution is -2.29. The van der Waals surface area contributed by atoms with Gasteiger partial charge in [0.05, 0.1) is 0 Å². The normalized spacial score (nSPS) is 18.1. The van der Waals surface area contributed by atoms with Crippen molar-refractivity contribution in [2.45, 2.75) is 45.1 Å². The summed E-state index contributed by atoms with van der Waals surface area (Å²) in [6, 6.07) is 9.28. The van der Waals surface area contributed by atoms with Gasteiger partial charge in [-0.25, -0.2) is 0 Å². The van der Waals surface area contributed by atoms with Crippen LogP contribution >= 0.6 is 0 Å². The largest absolute Gasteiger partial charge is 0.372 e. The first-order valence-electron chi connectivity index (χ1n) is 6.89. The van der Waals surface area contributed by atoms with Crippen molar-refractivity contribution in [2.75, 3.05) is 18.0 Å². The zero-order valence-electron chi connectivity index (χ0n) is 10.9. The summed E-state index contributed by atoms with van der Waals surface area (Å²) >= 11 is 0. The van der Waals surface area contributed by atoms with Crippen LogP contribution in [0, 0.1) is 0 Å². The summed E-state index contributed by atoms with van der Waals surface area (Å²) in [5, 5.41) is 0. The number of nitrogens with two attached hydrogens (primary N) is 1. The lowest BCUT2D eigenvalue weighted by molar-refractivity contribution is 0.577. The van der Waals surface area contributed by atoms with Gasteiger partial charge in [-0.3, -0.25) is 0 Å². The first-order chi connectivity index (χ1) is 8.29. The van der Waals surface area contributed by atoms with E-state index < -0.39 is 0 Å². The van der Waals surface area contributed by atoms with Gasteiger partial charge in [-0.15, -0.1) is 0 Å². The molecule has 1 unspecified atom stereocenters. The van der Waals surface area contributed by atoms with E-state index in [9.17, 15) is 0 Å². The van der Waals surface area contributed by atoms with Crippen LogP contribution in [0.25, 0.3) is 0 Å². The van der Waals surface area contributed by atoms with Gasteiger partial charge in [0.15, 0.2) is 0 Å². The summed E-state index contributed by atoms with van der Waals surface area (Å²) in [4.78, 5) is 2.49. The number of piperidine rings is 1. The molecule has 0 bridgehead atoms. The molecule has 2 heteroatoms. The topological polar surface area (TPSA) is 29.3 Å². The van der Waals surface area contributed by atoms with Crippen LogP contribution in [0.1, 0.15) is 38.2 Å². The summed E-state index contributed by atoms with van der Waals surface area (Å²) in [7, 11) is 0. The van der Waals surface area contributed by atoms with Crippen LogP contribution in [-0.4, -0.2) is 19.1 Å². The number of anilines is 1. The molecule has 0 amide bonds. The van der Waals surface area contributed by atoms with Crippen molar-refractivity contribution in [2.24, 2.45) is 5.73 Å². The molecule has 0 aromatic heterocycles. The Balaban J connectivity index is 1.97. The van der Waals surface area contributed by atoms with Gasteiger partial charge in [-0.2, -0.15) is 0 Å². The molecule has 0 aliphatic carbocycles. The molecule has 1 aromatic rings. The van der Waals surface area contributed by atoms with Crippen molar-refractivity contribution in [3.8, 4) is 0 Å². The summed E-state index contributed by atoms with van der Waals surface area (Å²) < 4.78 is 0. The molecule has 2 rings (SSSR count). The van der Waals surface area contributed by atoms with Gasteiger partial charge in [0.2, 0.25) is 0 Å². The monoisotopic (exact) mass is 232 g/mol. The molecule has 1 atom stereocenters. The third-order valence-electron chi connectivity index (χ3n) is 3.68. The fourth-order valence-electron chi connectivity index (χ4n) is 2.44. The first-order valence-corrected chi connectivity index (χ1v) is 6.89. The Morgan fingerprint density at radius 1 is 1.12 bits per heavy atom. The van der Waals surface area contributed by atoms with Crippen LogP contribution in [0.2, 0.25) is 0 Å². The van der Waals surface area contributed by atoms with E-state index >= 15 is 0 Å². The van der Waals surface area contributed by atoms with E-state index in [1.165, 1.54) is 43.6 Å². The van der Waals surface area contributed by atoms with Gasteiger partial charge in [-0.1, -0.05) is 19.1 Å². The zero-order valence-corrected chi connectivity index (χ0v) is 10.9. The van der Waals surface area contributed by atoms with E-state index in [0.29, 0.717) is 6.04 Å². The second-order valence-electron chi connectivity index (χ2n) is 5.09. The molecular formula is C15H24N2. The highest BCUT2D eigenvalue weighted by molar-refractivity contribution is 5.48. The van der Waals surface area contributed by atoms with E-state index in [2.05, 4.69) is 36.1 Å². The average molecular weight is 232 g/mol. The van der Waals surface area contributed by atoms with Crippen molar-refractivity contribution in [3.63, 3.8) is 0 Å². The first kappa shape index (κ1) is 12.4. The number of benzene rings is 1. The van der Waals surface area contributed by atoms with E-state index in [-0.39, 0.29) is 0 Å². The smallest absolute Gasteiger partial charge is 0.0366 e. The standard InChI is InChI=1S/C15H24N2/c1-2-14(16)12-13-6-8-15(9-7-13)17-10-4-3-5-11-17/h6-9,14H,2-5,10-12,16H2,1H3. The fourth-order valence-corrected chi connectivity index (χ4v) is 2.44. The van der Waals surface area contributed by atoms with Crippen LogP contribution in [0.4, 0.5) is 5.69 Å². The average Bonchev–Trinajstić information content (AvgIpc) is 2.40. The maximum Gasteiger partial charge on any atom is 0.0366 e. The molecule has 1 aromatic carbocycles. The van der Waals surface area contributed by atoms with E-state index in [1.54, 1.807) is 0 Å². The zero-order chi connectivity index (χ0) is 12.1. The Morgan fingerprint density at radius 3 is 2.35 bits per heavy atom. The Bertz CT molecular complexity index is 325. The Hall–Kier alpha value is -1.02. The van der Waals surface area contributed by atoms with Crippen molar-refractivity contribution in [3.05, 3.63) is 29.8 Å². The van der Waals surface area contributed by atoms with Gasteiger partial charge >= 0.3 is 0 Å². The molecule has 0 spiro atoms. The molecule has 1 aliphatic heterocycles. The van der Waals surface area contributed by atoms with Crippen molar-refractivity contribution < 1.29 is 0 Å². The third-order valence-corrected chi connectivity index (χ3v) is 3.68. The van der Waals surface area contributed by atoms with Crippen LogP contribution in [-0.2, 0) is 6.42 Å². The molecule has 1 heterocycles. The second-order valence-corrected chi connectivity index (χ2v) is 5.09. The van der Waals surface area contributed by atoms with Gasteiger partial charge in [-0.05, 0) is 49.8 Å². The van der Waals surface area contributed by atoms with E-state index in [0.717, 1.165) is 12.8 Å². The second kappa shape index (κ2) is 6.06. The minimum atomic E-state index is 0.302. The van der Waals surface area contributed by atoms with Crippen LogP contribution in [0.5, 0.6) is 0 Å². The van der Waals surface area contributed by atoms with Crippen molar-refractivity contribution in [1.82, 2.24) is 0 Å². The Kier molecular flexibility index (Phi) is 4.43. The minimum absolute atomic E-state index is 0.302. The van der Waals surface area contributed by atoms with Crippen molar-refractivity contribution in [1.29, 1.82) is 0 Å². The summed E-state index contributed by atoms with van der Waals surface area (Å²) in [5.74, 6) is 0. The van der Waals surface area contributed by atoms with Crippen LogP contribution in [0.15, 0.2) is 24.3 Å². The predicted molar refractivity (Wildman–Crippen MR) is 74.5 cm³/mol. The van der Waals surface area contributed by atoms with Crippen molar-refractivity contribution >= 4 is 5.69 Å². The molecule has 17 heavy (non-hydrogen) atoms. The van der Waals surface area contributed by atoms with Gasteiger partial charge in [0.1, 0.15) is 0 Å². The molecule has 0 saturated carbocycles. The Morgan fingerprint density at radius 2 is 1.76 bits per heavy atom. The van der Waals surface area contributed by atoms with Crippen LogP contribution in [0.3, 0.4) is 0 Å². The molecular weight excluding hydrogens is 208 g/mol. The lowest BCUT2D eigenvalue weighted by atomic mass is 10.0. The Labute approximate surface area is 105 Å². The summed E-state index contributed by atoms with van der Waals surface area (Å²) in [5.41, 5.74) is 8.71. The predicted octanol–water partition coefficient (Wildman–Crippen LogP) is 2.96. The van der Waals surface area contributed by atoms with E-state index in [4.69, 9.17) is 5.73 Å². The number of nitrogens with zero attached hydrogens (tertiary/aromatic N) is 1. The van der Waals surface area contributed by atoms with Gasteiger partial charge < -0.3 is 10.6 Å². The molecule has 1 fully saturated rings. The maximum absolute atomic E-state index is 5.98.